The summed E-state index contributed by atoms with van der Waals surface area (Å²) in [5.74, 6) is 0. The van der Waals surface area contributed by atoms with E-state index in [1.54, 1.807) is 11.3 Å². The molecule has 0 N–H and O–H groups in total. The van der Waals surface area contributed by atoms with E-state index in [4.69, 9.17) is 9.40 Å². The van der Waals surface area contributed by atoms with Gasteiger partial charge in [-0.25, -0.2) is 0 Å². The van der Waals surface area contributed by atoms with Gasteiger partial charge in [-0.3, -0.25) is 4.98 Å². The highest BCUT2D eigenvalue weighted by molar-refractivity contribution is 7.26. The van der Waals surface area contributed by atoms with E-state index in [0.717, 1.165) is 44.5 Å². The van der Waals surface area contributed by atoms with Crippen LogP contribution in [0.5, 0.6) is 0 Å². The molecule has 3 heterocycles. The fourth-order valence-corrected chi connectivity index (χ4v) is 6.73. The predicted octanol–water partition coefficient (Wildman–Crippen LogP) is 10.5. The summed E-state index contributed by atoms with van der Waals surface area (Å²) in [7, 11) is 0. The number of thiophene rings is 1. The van der Waals surface area contributed by atoms with Gasteiger partial charge in [-0.15, -0.1) is 11.3 Å². The second-order valence-electron chi connectivity index (χ2n) is 9.60. The molecule has 0 spiro atoms. The fourth-order valence-electron chi connectivity index (χ4n) is 5.56. The highest BCUT2D eigenvalue weighted by Gasteiger charge is 2.22. The van der Waals surface area contributed by atoms with E-state index in [1.807, 2.05) is 24.4 Å². The van der Waals surface area contributed by atoms with E-state index in [1.165, 1.54) is 25.9 Å². The van der Waals surface area contributed by atoms with Crippen LogP contribution >= 0.6 is 11.3 Å². The van der Waals surface area contributed by atoms with Crippen molar-refractivity contribution in [1.82, 2.24) is 4.98 Å². The lowest BCUT2D eigenvalue weighted by Crippen LogP contribution is -2.10. The van der Waals surface area contributed by atoms with E-state index in [0.29, 0.717) is 0 Å². The van der Waals surface area contributed by atoms with Crippen LogP contribution in [0.25, 0.3) is 53.4 Å². The van der Waals surface area contributed by atoms with Gasteiger partial charge in [-0.1, -0.05) is 78.9 Å². The Labute approximate surface area is 229 Å². The lowest BCUT2D eigenvalue weighted by molar-refractivity contribution is 0.669. The fraction of sp³-hybridized carbons (Fsp3) is 0. The Morgan fingerprint density at radius 1 is 0.564 bits per heavy atom. The number of hydrogen-bond donors (Lipinski definition) is 0. The summed E-state index contributed by atoms with van der Waals surface area (Å²) < 4.78 is 8.69. The third-order valence-electron chi connectivity index (χ3n) is 7.33. The Morgan fingerprint density at radius 2 is 1.28 bits per heavy atom. The first kappa shape index (κ1) is 22.1. The van der Waals surface area contributed by atoms with Gasteiger partial charge < -0.3 is 9.32 Å². The van der Waals surface area contributed by atoms with Crippen molar-refractivity contribution in [1.29, 1.82) is 0 Å². The molecule has 0 aliphatic rings. The lowest BCUT2D eigenvalue weighted by Gasteiger charge is -2.27. The first-order chi connectivity index (χ1) is 19.3. The van der Waals surface area contributed by atoms with Gasteiger partial charge in [-0.05, 0) is 59.7 Å². The number of anilines is 3. The summed E-state index contributed by atoms with van der Waals surface area (Å²) in [4.78, 5) is 7.09. The van der Waals surface area contributed by atoms with Crippen LogP contribution in [0.1, 0.15) is 0 Å². The lowest BCUT2D eigenvalue weighted by atomic mass is 10.0. The minimum Gasteiger partial charge on any atom is -0.456 e. The highest BCUT2D eigenvalue weighted by Crippen LogP contribution is 2.47. The van der Waals surface area contributed by atoms with E-state index in [2.05, 4.69) is 114 Å². The van der Waals surface area contributed by atoms with Crippen LogP contribution in [0.15, 0.2) is 138 Å². The topological polar surface area (TPSA) is 29.3 Å². The van der Waals surface area contributed by atoms with Crippen LogP contribution in [0.2, 0.25) is 0 Å². The summed E-state index contributed by atoms with van der Waals surface area (Å²) in [6.45, 7) is 0. The molecule has 0 fully saturated rings. The molecular formula is C35H22N2OS. The minimum atomic E-state index is 0.879. The molecule has 0 aliphatic heterocycles. The van der Waals surface area contributed by atoms with Crippen LogP contribution < -0.4 is 4.90 Å². The van der Waals surface area contributed by atoms with Gasteiger partial charge in [0, 0.05) is 22.7 Å². The molecule has 3 nitrogen and oxygen atoms in total. The highest BCUT2D eigenvalue weighted by atomic mass is 32.1. The molecule has 0 saturated carbocycles. The van der Waals surface area contributed by atoms with Crippen molar-refractivity contribution in [2.45, 2.75) is 0 Å². The van der Waals surface area contributed by atoms with Gasteiger partial charge in [0.15, 0.2) is 0 Å². The van der Waals surface area contributed by atoms with E-state index >= 15 is 0 Å². The number of para-hydroxylation sites is 1. The SMILES string of the molecule is c1ccc(-c2ccc(N(c3cccc4c3sc3cccnc34)c3cccc4oc5ccccc5c34)cc2)cc1. The van der Waals surface area contributed by atoms with E-state index < -0.39 is 0 Å². The van der Waals surface area contributed by atoms with Crippen molar-refractivity contribution in [3.8, 4) is 11.1 Å². The van der Waals surface area contributed by atoms with Crippen molar-refractivity contribution in [3.63, 3.8) is 0 Å². The summed E-state index contributed by atoms with van der Waals surface area (Å²) in [5.41, 5.74) is 8.51. The van der Waals surface area contributed by atoms with Crippen molar-refractivity contribution in [2.75, 3.05) is 4.90 Å². The Kier molecular flexibility index (Phi) is 5.00. The zero-order chi connectivity index (χ0) is 25.8. The molecule has 4 heteroatoms. The molecule has 0 radical (unpaired) electrons. The first-order valence-electron chi connectivity index (χ1n) is 13.0. The minimum absolute atomic E-state index is 0.879. The Hall–Kier alpha value is -4.93. The predicted molar refractivity (Wildman–Crippen MR) is 165 cm³/mol. The molecule has 8 aromatic rings. The van der Waals surface area contributed by atoms with Gasteiger partial charge in [0.1, 0.15) is 11.2 Å². The maximum atomic E-state index is 6.29. The standard InChI is InChI=1S/C35H22N2OS/c1-2-9-23(10-3-1)24-18-20-25(21-19-24)37(28-13-7-16-31-33(28)26-11-4-5-15-30(26)38-31)29-14-6-12-27-34-32(39-35(27)29)17-8-22-36-34/h1-22H. The molecule has 0 aliphatic carbocycles. The Balaban J connectivity index is 1.42. The van der Waals surface area contributed by atoms with Crippen LogP contribution in [0.4, 0.5) is 17.1 Å². The maximum Gasteiger partial charge on any atom is 0.137 e. The molecule has 0 atom stereocenters. The average molecular weight is 519 g/mol. The smallest absolute Gasteiger partial charge is 0.137 e. The Morgan fingerprint density at radius 3 is 2.18 bits per heavy atom. The number of benzene rings is 5. The van der Waals surface area contributed by atoms with Crippen molar-refractivity contribution in [2.24, 2.45) is 0 Å². The molecular weight excluding hydrogens is 496 g/mol. The first-order valence-corrected chi connectivity index (χ1v) is 13.8. The van der Waals surface area contributed by atoms with Crippen molar-refractivity contribution in [3.05, 3.63) is 134 Å². The zero-order valence-electron chi connectivity index (χ0n) is 20.9. The molecule has 0 saturated heterocycles. The molecule has 184 valence electrons. The van der Waals surface area contributed by atoms with Crippen LogP contribution in [-0.4, -0.2) is 4.98 Å². The molecule has 3 aromatic heterocycles. The van der Waals surface area contributed by atoms with Crippen molar-refractivity contribution < 1.29 is 4.42 Å². The van der Waals surface area contributed by atoms with Gasteiger partial charge in [0.2, 0.25) is 0 Å². The summed E-state index contributed by atoms with van der Waals surface area (Å²) >= 11 is 1.79. The largest absolute Gasteiger partial charge is 0.456 e. The number of aromatic nitrogens is 1. The third-order valence-corrected chi connectivity index (χ3v) is 8.51. The maximum absolute atomic E-state index is 6.29. The average Bonchev–Trinajstić information content (AvgIpc) is 3.58. The van der Waals surface area contributed by atoms with Gasteiger partial charge >= 0.3 is 0 Å². The molecule has 5 aromatic carbocycles. The van der Waals surface area contributed by atoms with Crippen LogP contribution in [0.3, 0.4) is 0 Å². The molecule has 0 bridgehead atoms. The molecule has 39 heavy (non-hydrogen) atoms. The number of furan rings is 1. The molecule has 8 rings (SSSR count). The number of nitrogens with zero attached hydrogens (tertiary/aromatic N) is 2. The Bertz CT molecular complexity index is 2120. The third kappa shape index (κ3) is 3.53. The zero-order valence-corrected chi connectivity index (χ0v) is 21.7. The summed E-state index contributed by atoms with van der Waals surface area (Å²) in [6.07, 6.45) is 1.87. The second kappa shape index (κ2) is 8.83. The van der Waals surface area contributed by atoms with E-state index in [9.17, 15) is 0 Å². The number of fused-ring (bicyclic) bond motifs is 6. The number of rotatable bonds is 4. The number of pyridine rings is 1. The van der Waals surface area contributed by atoms with Crippen LogP contribution in [-0.2, 0) is 0 Å². The summed E-state index contributed by atoms with van der Waals surface area (Å²) in [6, 6.07) is 44.7. The van der Waals surface area contributed by atoms with Gasteiger partial charge in [0.05, 0.1) is 31.7 Å². The van der Waals surface area contributed by atoms with Crippen molar-refractivity contribution >= 4 is 70.6 Å². The molecule has 0 amide bonds. The second-order valence-corrected chi connectivity index (χ2v) is 10.7. The molecule has 0 unspecified atom stereocenters. The van der Waals surface area contributed by atoms with Crippen LogP contribution in [0, 0.1) is 0 Å². The van der Waals surface area contributed by atoms with Gasteiger partial charge in [0.25, 0.3) is 0 Å². The summed E-state index contributed by atoms with van der Waals surface area (Å²) in [5, 5.41) is 3.39. The van der Waals surface area contributed by atoms with E-state index in [-0.39, 0.29) is 0 Å². The quantitative estimate of drug-likeness (QED) is 0.232. The monoisotopic (exact) mass is 518 g/mol. The number of hydrogen-bond acceptors (Lipinski definition) is 4. The van der Waals surface area contributed by atoms with Gasteiger partial charge in [-0.2, -0.15) is 0 Å². The normalized spacial score (nSPS) is 11.6.